The highest BCUT2D eigenvalue weighted by Gasteiger charge is 2.38. The fourth-order valence-electron chi connectivity index (χ4n) is 3.05. The van der Waals surface area contributed by atoms with Crippen molar-refractivity contribution in [2.24, 2.45) is 5.92 Å². The van der Waals surface area contributed by atoms with E-state index in [0.29, 0.717) is 17.4 Å². The van der Waals surface area contributed by atoms with Gasteiger partial charge in [-0.15, -0.1) is 0 Å². The van der Waals surface area contributed by atoms with E-state index >= 15 is 0 Å². The van der Waals surface area contributed by atoms with Crippen LogP contribution in [0.5, 0.6) is 5.75 Å². The van der Waals surface area contributed by atoms with Crippen molar-refractivity contribution in [1.82, 2.24) is 0 Å². The van der Waals surface area contributed by atoms with Gasteiger partial charge in [0.2, 0.25) is 6.29 Å². The number of hydrogen-bond donors (Lipinski definition) is 0. The molecule has 1 aliphatic rings. The fraction of sp³-hybridized carbons (Fsp3) is 0.318. The molecular weight excluding hydrogens is 364 g/mol. The minimum atomic E-state index is -0.769. The summed E-state index contributed by atoms with van der Waals surface area (Å²) in [5.74, 6) is -0.428. The van der Waals surface area contributed by atoms with Crippen molar-refractivity contribution in [2.75, 3.05) is 13.7 Å². The Morgan fingerprint density at radius 3 is 2.59 bits per heavy atom. The maximum absolute atomic E-state index is 12.7. The van der Waals surface area contributed by atoms with E-state index in [1.165, 1.54) is 7.11 Å². The molecule has 0 spiro atoms. The number of unbranched alkanes of at least 4 members (excludes halogenated alkanes) is 1. The number of carbonyl (C=O) groups excluding carboxylic acids is 1. The molecule has 0 amide bonds. The van der Waals surface area contributed by atoms with Gasteiger partial charge in [-0.1, -0.05) is 55.3 Å². The molecule has 27 heavy (non-hydrogen) atoms. The Labute approximate surface area is 164 Å². The third kappa shape index (κ3) is 4.52. The van der Waals surface area contributed by atoms with Gasteiger partial charge in [-0.3, -0.25) is 4.79 Å². The Balaban J connectivity index is 2.09. The zero-order valence-electron chi connectivity index (χ0n) is 15.5. The molecule has 0 radical (unpaired) electrons. The SMILES string of the molecule is CCCCO[C@H]1Oc2ccccc2C=C(c2ccc(Cl)cc2)[C@@H]1C(=O)OC. The second-order valence-corrected chi connectivity index (χ2v) is 6.79. The summed E-state index contributed by atoms with van der Waals surface area (Å²) in [5, 5.41) is 0.634. The van der Waals surface area contributed by atoms with Crippen LogP contribution in [-0.2, 0) is 14.3 Å². The average molecular weight is 387 g/mol. The van der Waals surface area contributed by atoms with Crippen LogP contribution in [0.4, 0.5) is 0 Å². The van der Waals surface area contributed by atoms with Crippen molar-refractivity contribution in [3.63, 3.8) is 0 Å². The van der Waals surface area contributed by atoms with Gasteiger partial charge < -0.3 is 14.2 Å². The monoisotopic (exact) mass is 386 g/mol. The van der Waals surface area contributed by atoms with E-state index in [0.717, 1.165) is 29.5 Å². The first-order valence-electron chi connectivity index (χ1n) is 9.06. The van der Waals surface area contributed by atoms with Gasteiger partial charge in [-0.25, -0.2) is 0 Å². The Kier molecular flexibility index (Phi) is 6.54. The first-order valence-corrected chi connectivity index (χ1v) is 9.44. The van der Waals surface area contributed by atoms with Crippen molar-refractivity contribution < 1.29 is 19.0 Å². The molecule has 0 saturated carbocycles. The number of para-hydroxylation sites is 1. The van der Waals surface area contributed by atoms with Gasteiger partial charge in [-0.05, 0) is 41.8 Å². The molecule has 2 aromatic carbocycles. The lowest BCUT2D eigenvalue weighted by Crippen LogP contribution is -2.36. The van der Waals surface area contributed by atoms with Crippen LogP contribution in [-0.4, -0.2) is 26.0 Å². The quantitative estimate of drug-likeness (QED) is 0.505. The van der Waals surface area contributed by atoms with Gasteiger partial charge in [0.05, 0.1) is 13.7 Å². The minimum absolute atomic E-state index is 0.398. The summed E-state index contributed by atoms with van der Waals surface area (Å²) in [4.78, 5) is 12.7. The zero-order valence-corrected chi connectivity index (χ0v) is 16.2. The van der Waals surface area contributed by atoms with E-state index in [1.807, 2.05) is 42.5 Å². The van der Waals surface area contributed by atoms with E-state index in [4.69, 9.17) is 25.8 Å². The van der Waals surface area contributed by atoms with Crippen LogP contribution in [0.3, 0.4) is 0 Å². The molecular formula is C22H23ClO4. The van der Waals surface area contributed by atoms with Crippen LogP contribution in [0.15, 0.2) is 48.5 Å². The normalized spacial score (nSPS) is 18.7. The molecule has 2 atom stereocenters. The topological polar surface area (TPSA) is 44.8 Å². The van der Waals surface area contributed by atoms with E-state index < -0.39 is 18.2 Å². The van der Waals surface area contributed by atoms with Gasteiger partial charge >= 0.3 is 5.97 Å². The number of esters is 1. The molecule has 0 unspecified atom stereocenters. The predicted octanol–water partition coefficient (Wildman–Crippen LogP) is 5.21. The first-order chi connectivity index (χ1) is 13.1. The number of halogens is 1. The van der Waals surface area contributed by atoms with Gasteiger partial charge in [0, 0.05) is 10.6 Å². The lowest BCUT2D eigenvalue weighted by atomic mass is 9.90. The van der Waals surface area contributed by atoms with Crippen LogP contribution in [0.25, 0.3) is 11.6 Å². The van der Waals surface area contributed by atoms with Gasteiger partial charge in [0.1, 0.15) is 11.7 Å². The maximum Gasteiger partial charge on any atom is 0.319 e. The van der Waals surface area contributed by atoms with E-state index in [9.17, 15) is 4.79 Å². The fourth-order valence-corrected chi connectivity index (χ4v) is 3.17. The van der Waals surface area contributed by atoms with E-state index in [-0.39, 0.29) is 0 Å². The Bertz CT molecular complexity index is 813. The molecule has 5 heteroatoms. The number of hydrogen-bond acceptors (Lipinski definition) is 4. The molecule has 1 aliphatic heterocycles. The number of benzene rings is 2. The average Bonchev–Trinajstić information content (AvgIpc) is 2.85. The molecule has 142 valence electrons. The third-order valence-corrected chi connectivity index (χ3v) is 4.75. The van der Waals surface area contributed by atoms with Crippen LogP contribution in [0.2, 0.25) is 5.02 Å². The molecule has 0 saturated heterocycles. The van der Waals surface area contributed by atoms with Gasteiger partial charge in [-0.2, -0.15) is 0 Å². The van der Waals surface area contributed by atoms with Crippen molar-refractivity contribution in [3.8, 4) is 5.75 Å². The molecule has 0 aromatic heterocycles. The maximum atomic E-state index is 12.7. The highest BCUT2D eigenvalue weighted by Crippen LogP contribution is 2.38. The number of ether oxygens (including phenoxy) is 3. The Morgan fingerprint density at radius 1 is 1.15 bits per heavy atom. The molecule has 2 aromatic rings. The van der Waals surface area contributed by atoms with Crippen LogP contribution in [0, 0.1) is 5.92 Å². The number of methoxy groups -OCH3 is 1. The Morgan fingerprint density at radius 2 is 1.89 bits per heavy atom. The highest BCUT2D eigenvalue weighted by molar-refractivity contribution is 6.30. The molecule has 4 nitrogen and oxygen atoms in total. The molecule has 1 heterocycles. The van der Waals surface area contributed by atoms with Crippen LogP contribution in [0.1, 0.15) is 30.9 Å². The number of rotatable bonds is 6. The largest absolute Gasteiger partial charge is 0.468 e. The second kappa shape index (κ2) is 9.07. The van der Waals surface area contributed by atoms with Crippen molar-refractivity contribution in [3.05, 3.63) is 64.7 Å². The predicted molar refractivity (Wildman–Crippen MR) is 107 cm³/mol. The van der Waals surface area contributed by atoms with Gasteiger partial charge in [0.15, 0.2) is 0 Å². The summed E-state index contributed by atoms with van der Waals surface area (Å²) >= 11 is 6.04. The minimum Gasteiger partial charge on any atom is -0.468 e. The second-order valence-electron chi connectivity index (χ2n) is 6.36. The highest BCUT2D eigenvalue weighted by atomic mass is 35.5. The Hall–Kier alpha value is -2.30. The van der Waals surface area contributed by atoms with Crippen molar-refractivity contribution in [1.29, 1.82) is 0 Å². The van der Waals surface area contributed by atoms with E-state index in [2.05, 4.69) is 6.92 Å². The van der Waals surface area contributed by atoms with E-state index in [1.54, 1.807) is 12.1 Å². The number of carbonyl (C=O) groups is 1. The summed E-state index contributed by atoms with van der Waals surface area (Å²) < 4.78 is 17.2. The zero-order chi connectivity index (χ0) is 19.2. The lowest BCUT2D eigenvalue weighted by Gasteiger charge is -2.26. The van der Waals surface area contributed by atoms with Crippen molar-refractivity contribution in [2.45, 2.75) is 26.1 Å². The standard InChI is InChI=1S/C22H23ClO4/c1-3-4-13-26-22-20(21(24)25-2)18(15-9-11-17(23)12-10-15)14-16-7-5-6-8-19(16)27-22/h5-12,14,20,22H,3-4,13H2,1-2H3/t20-,22+/m1/s1. The summed E-state index contributed by atoms with van der Waals surface area (Å²) in [6.45, 7) is 2.59. The summed E-state index contributed by atoms with van der Waals surface area (Å²) in [7, 11) is 1.38. The molecule has 0 N–H and O–H groups in total. The molecule has 0 fully saturated rings. The third-order valence-electron chi connectivity index (χ3n) is 4.49. The van der Waals surface area contributed by atoms with Crippen molar-refractivity contribution >= 4 is 29.2 Å². The van der Waals surface area contributed by atoms with Crippen LogP contribution < -0.4 is 4.74 Å². The van der Waals surface area contributed by atoms with Gasteiger partial charge in [0.25, 0.3) is 0 Å². The summed E-state index contributed by atoms with van der Waals surface area (Å²) in [5.41, 5.74) is 2.54. The molecule has 3 rings (SSSR count). The summed E-state index contributed by atoms with van der Waals surface area (Å²) in [6, 6.07) is 15.0. The molecule has 0 bridgehead atoms. The molecule has 0 aliphatic carbocycles. The lowest BCUT2D eigenvalue weighted by molar-refractivity contribution is -0.160. The summed E-state index contributed by atoms with van der Waals surface area (Å²) in [6.07, 6.45) is 3.07. The first kappa shape index (κ1) is 19.5. The van der Waals surface area contributed by atoms with Crippen LogP contribution >= 0.6 is 11.6 Å². The smallest absolute Gasteiger partial charge is 0.319 e. The number of fused-ring (bicyclic) bond motifs is 1.